The van der Waals surface area contributed by atoms with Gasteiger partial charge in [-0.15, -0.1) is 0 Å². The van der Waals surface area contributed by atoms with Crippen molar-refractivity contribution >= 4 is 17.3 Å². The zero-order valence-corrected chi connectivity index (χ0v) is 10.6. The summed E-state index contributed by atoms with van der Waals surface area (Å²) in [4.78, 5) is 2.17. The Balaban J connectivity index is 2.33. The molecule has 3 nitrogen and oxygen atoms in total. The van der Waals surface area contributed by atoms with E-state index in [1.54, 1.807) is 12.1 Å². The minimum atomic E-state index is 0.171. The van der Waals surface area contributed by atoms with Crippen molar-refractivity contribution < 1.29 is 0 Å². The van der Waals surface area contributed by atoms with Crippen LogP contribution in [0.25, 0.3) is 0 Å². The van der Waals surface area contributed by atoms with Crippen molar-refractivity contribution in [1.82, 2.24) is 0 Å². The van der Waals surface area contributed by atoms with E-state index in [-0.39, 0.29) is 6.04 Å². The van der Waals surface area contributed by atoms with E-state index in [4.69, 9.17) is 22.6 Å². The van der Waals surface area contributed by atoms with Gasteiger partial charge < -0.3 is 10.6 Å². The topological polar surface area (TPSA) is 53.0 Å². The fraction of sp³-hybridized carbons (Fsp3) is 0.462. The first-order chi connectivity index (χ1) is 8.10. The molecule has 1 heterocycles. The van der Waals surface area contributed by atoms with Gasteiger partial charge in [-0.25, -0.2) is 0 Å². The number of rotatable bonds is 1. The van der Waals surface area contributed by atoms with Gasteiger partial charge in [-0.3, -0.25) is 0 Å². The molecule has 1 aromatic rings. The van der Waals surface area contributed by atoms with Crippen LogP contribution in [0.3, 0.4) is 0 Å². The standard InChI is InChI=1S/C13H16ClN3/c1-9-4-12(16)8-17(7-9)13-5-11(14)3-2-10(13)6-15/h2-3,5,9,12H,4,7-8,16H2,1H3. The molecule has 1 aromatic carbocycles. The smallest absolute Gasteiger partial charge is 0.101 e. The lowest BCUT2D eigenvalue weighted by atomic mass is 9.95. The molecule has 1 saturated heterocycles. The highest BCUT2D eigenvalue weighted by Gasteiger charge is 2.23. The molecule has 17 heavy (non-hydrogen) atoms. The number of benzene rings is 1. The van der Waals surface area contributed by atoms with Crippen molar-refractivity contribution in [1.29, 1.82) is 5.26 Å². The Bertz CT molecular complexity index is 442. The predicted octanol–water partition coefficient (Wildman–Crippen LogP) is 2.39. The molecule has 90 valence electrons. The largest absolute Gasteiger partial charge is 0.369 e. The summed E-state index contributed by atoms with van der Waals surface area (Å²) < 4.78 is 0. The van der Waals surface area contributed by atoms with Gasteiger partial charge in [0.1, 0.15) is 6.07 Å². The molecule has 0 radical (unpaired) electrons. The van der Waals surface area contributed by atoms with Gasteiger partial charge in [-0.1, -0.05) is 18.5 Å². The van der Waals surface area contributed by atoms with Crippen LogP contribution in [0.4, 0.5) is 5.69 Å². The Labute approximate surface area is 107 Å². The predicted molar refractivity (Wildman–Crippen MR) is 70.1 cm³/mol. The fourth-order valence-electron chi connectivity index (χ4n) is 2.46. The van der Waals surface area contributed by atoms with Crippen LogP contribution in [-0.2, 0) is 0 Å². The van der Waals surface area contributed by atoms with E-state index in [1.807, 2.05) is 6.07 Å². The van der Waals surface area contributed by atoms with E-state index in [9.17, 15) is 0 Å². The zero-order valence-electron chi connectivity index (χ0n) is 9.86. The zero-order chi connectivity index (χ0) is 12.4. The minimum absolute atomic E-state index is 0.171. The number of nitriles is 1. The number of hydrogen-bond acceptors (Lipinski definition) is 3. The van der Waals surface area contributed by atoms with Gasteiger partial charge in [0.05, 0.1) is 11.3 Å². The van der Waals surface area contributed by atoms with Crippen LogP contribution in [0, 0.1) is 17.2 Å². The summed E-state index contributed by atoms with van der Waals surface area (Å²) in [6.07, 6.45) is 1.04. The van der Waals surface area contributed by atoms with Crippen LogP contribution in [0.15, 0.2) is 18.2 Å². The monoisotopic (exact) mass is 249 g/mol. The van der Waals surface area contributed by atoms with Crippen LogP contribution in [-0.4, -0.2) is 19.1 Å². The molecule has 2 unspecified atom stereocenters. The molecule has 2 N–H and O–H groups in total. The summed E-state index contributed by atoms with van der Waals surface area (Å²) in [6.45, 7) is 3.91. The van der Waals surface area contributed by atoms with Crippen LogP contribution in [0.5, 0.6) is 0 Å². The quantitative estimate of drug-likeness (QED) is 0.832. The van der Waals surface area contributed by atoms with Gasteiger partial charge in [0, 0.05) is 24.2 Å². The van der Waals surface area contributed by atoms with E-state index in [0.29, 0.717) is 16.5 Å². The first kappa shape index (κ1) is 12.2. The Morgan fingerprint density at radius 3 is 2.88 bits per heavy atom. The van der Waals surface area contributed by atoms with Gasteiger partial charge in [0.2, 0.25) is 0 Å². The second-order valence-electron chi connectivity index (χ2n) is 4.78. The highest BCUT2D eigenvalue weighted by Crippen LogP contribution is 2.28. The second kappa shape index (κ2) is 4.95. The highest BCUT2D eigenvalue weighted by molar-refractivity contribution is 6.30. The van der Waals surface area contributed by atoms with Crippen LogP contribution < -0.4 is 10.6 Å². The molecule has 0 bridgehead atoms. The molecular formula is C13H16ClN3. The van der Waals surface area contributed by atoms with E-state index >= 15 is 0 Å². The summed E-state index contributed by atoms with van der Waals surface area (Å²) in [5, 5.41) is 9.78. The maximum Gasteiger partial charge on any atom is 0.101 e. The molecular weight excluding hydrogens is 234 g/mol. The molecule has 1 fully saturated rings. The second-order valence-corrected chi connectivity index (χ2v) is 5.22. The number of nitrogens with two attached hydrogens (primary N) is 1. The number of hydrogen-bond donors (Lipinski definition) is 1. The number of anilines is 1. The van der Waals surface area contributed by atoms with Gasteiger partial charge in [-0.05, 0) is 30.5 Å². The molecule has 0 aliphatic carbocycles. The molecule has 1 aliphatic rings. The van der Waals surface area contributed by atoms with Gasteiger partial charge in [0.15, 0.2) is 0 Å². The van der Waals surface area contributed by atoms with E-state index in [1.165, 1.54) is 0 Å². The maximum absolute atomic E-state index is 9.12. The SMILES string of the molecule is CC1CC(N)CN(c2cc(Cl)ccc2C#N)C1. The molecule has 2 rings (SSSR count). The third kappa shape index (κ3) is 2.71. The first-order valence-corrected chi connectivity index (χ1v) is 6.18. The fourth-order valence-corrected chi connectivity index (χ4v) is 2.62. The summed E-state index contributed by atoms with van der Waals surface area (Å²) in [5.74, 6) is 0.546. The van der Waals surface area contributed by atoms with Crippen LogP contribution in [0.2, 0.25) is 5.02 Å². The van der Waals surface area contributed by atoms with Crippen molar-refractivity contribution in [3.63, 3.8) is 0 Å². The van der Waals surface area contributed by atoms with Gasteiger partial charge >= 0.3 is 0 Å². The Kier molecular flexibility index (Phi) is 3.56. The lowest BCUT2D eigenvalue weighted by molar-refractivity contribution is 0.401. The molecule has 4 heteroatoms. The molecule has 0 spiro atoms. The first-order valence-electron chi connectivity index (χ1n) is 5.80. The average Bonchev–Trinajstić information content (AvgIpc) is 2.27. The van der Waals surface area contributed by atoms with Gasteiger partial charge in [0.25, 0.3) is 0 Å². The summed E-state index contributed by atoms with van der Waals surface area (Å²) >= 11 is 6.00. The van der Waals surface area contributed by atoms with Crippen molar-refractivity contribution in [3.05, 3.63) is 28.8 Å². The molecule has 0 aromatic heterocycles. The lowest BCUT2D eigenvalue weighted by Crippen LogP contribution is -2.46. The van der Waals surface area contributed by atoms with Gasteiger partial charge in [-0.2, -0.15) is 5.26 Å². The Morgan fingerprint density at radius 1 is 1.47 bits per heavy atom. The molecule has 0 amide bonds. The molecule has 2 atom stereocenters. The summed E-state index contributed by atoms with van der Waals surface area (Å²) in [7, 11) is 0. The van der Waals surface area contributed by atoms with E-state index < -0.39 is 0 Å². The Morgan fingerprint density at radius 2 is 2.24 bits per heavy atom. The average molecular weight is 250 g/mol. The van der Waals surface area contributed by atoms with E-state index in [0.717, 1.165) is 25.2 Å². The van der Waals surface area contributed by atoms with Crippen LogP contribution >= 0.6 is 11.6 Å². The van der Waals surface area contributed by atoms with Crippen molar-refractivity contribution in [2.75, 3.05) is 18.0 Å². The highest BCUT2D eigenvalue weighted by atomic mass is 35.5. The number of piperidine rings is 1. The Hall–Kier alpha value is -1.24. The lowest BCUT2D eigenvalue weighted by Gasteiger charge is -2.36. The van der Waals surface area contributed by atoms with Crippen molar-refractivity contribution in [2.45, 2.75) is 19.4 Å². The van der Waals surface area contributed by atoms with Crippen LogP contribution in [0.1, 0.15) is 18.9 Å². The third-order valence-electron chi connectivity index (χ3n) is 3.11. The number of halogens is 1. The molecule has 0 saturated carbocycles. The normalized spacial score (nSPS) is 24.5. The summed E-state index contributed by atoms with van der Waals surface area (Å²) in [5.41, 5.74) is 7.59. The minimum Gasteiger partial charge on any atom is -0.369 e. The van der Waals surface area contributed by atoms with E-state index in [2.05, 4.69) is 17.9 Å². The summed E-state index contributed by atoms with van der Waals surface area (Å²) in [6, 6.07) is 7.74. The van der Waals surface area contributed by atoms with Crippen molar-refractivity contribution in [2.24, 2.45) is 11.7 Å². The maximum atomic E-state index is 9.12. The van der Waals surface area contributed by atoms with Crippen molar-refractivity contribution in [3.8, 4) is 6.07 Å². The number of nitrogens with zero attached hydrogens (tertiary/aromatic N) is 2. The molecule has 1 aliphatic heterocycles. The third-order valence-corrected chi connectivity index (χ3v) is 3.35.